The Hall–Kier alpha value is -2.02. The molecule has 0 aromatic heterocycles. The van der Waals surface area contributed by atoms with E-state index >= 15 is 0 Å². The zero-order valence-corrected chi connectivity index (χ0v) is 18.3. The van der Waals surface area contributed by atoms with Crippen LogP contribution in [0.25, 0.3) is 10.8 Å². The molecule has 0 spiro atoms. The summed E-state index contributed by atoms with van der Waals surface area (Å²) in [6.07, 6.45) is 9.51. The van der Waals surface area contributed by atoms with E-state index in [-0.39, 0.29) is 11.0 Å². The van der Waals surface area contributed by atoms with Crippen molar-refractivity contribution in [2.45, 2.75) is 71.3 Å². The predicted molar refractivity (Wildman–Crippen MR) is 122 cm³/mol. The summed E-state index contributed by atoms with van der Waals surface area (Å²) in [5.41, 5.74) is 5.02. The number of benzene rings is 2. The van der Waals surface area contributed by atoms with Gasteiger partial charge >= 0.3 is 0 Å². The van der Waals surface area contributed by atoms with Crippen LogP contribution in [-0.2, 0) is 5.41 Å². The highest BCUT2D eigenvalue weighted by molar-refractivity contribution is 5.86. The molecule has 28 heavy (non-hydrogen) atoms. The second-order valence-electron chi connectivity index (χ2n) is 9.67. The SMILES string of the molecule is CCC1=C(N2CC(C)(c3cccc4ccccc34)CC2(C)C)[C@H](CC)CC=C1. The Kier molecular flexibility index (Phi) is 4.89. The first kappa shape index (κ1) is 19.3. The fourth-order valence-corrected chi connectivity index (χ4v) is 5.90. The molecule has 1 saturated heterocycles. The highest BCUT2D eigenvalue weighted by atomic mass is 15.2. The van der Waals surface area contributed by atoms with Crippen LogP contribution in [0.2, 0.25) is 0 Å². The third-order valence-corrected chi connectivity index (χ3v) is 7.12. The van der Waals surface area contributed by atoms with Gasteiger partial charge in [0.2, 0.25) is 0 Å². The van der Waals surface area contributed by atoms with Crippen molar-refractivity contribution in [1.82, 2.24) is 4.90 Å². The number of allylic oxidation sites excluding steroid dienone is 4. The van der Waals surface area contributed by atoms with Gasteiger partial charge in [0, 0.05) is 29.1 Å². The van der Waals surface area contributed by atoms with Gasteiger partial charge in [0.1, 0.15) is 0 Å². The maximum Gasteiger partial charge on any atom is 0.0352 e. The first-order valence-corrected chi connectivity index (χ1v) is 11.0. The molecule has 1 nitrogen and oxygen atoms in total. The average Bonchev–Trinajstić information content (AvgIpc) is 2.96. The van der Waals surface area contributed by atoms with Crippen LogP contribution >= 0.6 is 0 Å². The number of hydrogen-bond acceptors (Lipinski definition) is 1. The van der Waals surface area contributed by atoms with Gasteiger partial charge in [-0.2, -0.15) is 0 Å². The number of likely N-dealkylation sites (tertiary alicyclic amines) is 1. The summed E-state index contributed by atoms with van der Waals surface area (Å²) in [6, 6.07) is 15.7. The van der Waals surface area contributed by atoms with Crippen LogP contribution in [0.4, 0.5) is 0 Å². The summed E-state index contributed by atoms with van der Waals surface area (Å²) in [7, 11) is 0. The number of hydrogen-bond donors (Lipinski definition) is 0. The Morgan fingerprint density at radius 1 is 1.00 bits per heavy atom. The van der Waals surface area contributed by atoms with Gasteiger partial charge in [-0.3, -0.25) is 0 Å². The minimum atomic E-state index is 0.162. The monoisotopic (exact) mass is 373 g/mol. The zero-order chi connectivity index (χ0) is 19.9. The van der Waals surface area contributed by atoms with Crippen LogP contribution in [0.3, 0.4) is 0 Å². The van der Waals surface area contributed by atoms with E-state index in [0.29, 0.717) is 5.92 Å². The lowest BCUT2D eigenvalue weighted by Gasteiger charge is -2.41. The van der Waals surface area contributed by atoms with E-state index in [4.69, 9.17) is 0 Å². The topological polar surface area (TPSA) is 3.24 Å². The third-order valence-electron chi connectivity index (χ3n) is 7.12. The van der Waals surface area contributed by atoms with Crippen LogP contribution < -0.4 is 0 Å². The van der Waals surface area contributed by atoms with Gasteiger partial charge in [-0.05, 0) is 61.4 Å². The summed E-state index contributed by atoms with van der Waals surface area (Å²) in [5, 5.41) is 2.78. The zero-order valence-electron chi connectivity index (χ0n) is 18.3. The summed E-state index contributed by atoms with van der Waals surface area (Å²) in [5.74, 6) is 0.661. The van der Waals surface area contributed by atoms with Crippen molar-refractivity contribution >= 4 is 10.8 Å². The smallest absolute Gasteiger partial charge is 0.0352 e. The van der Waals surface area contributed by atoms with Crippen molar-refractivity contribution in [3.05, 3.63) is 71.5 Å². The largest absolute Gasteiger partial charge is 0.368 e. The summed E-state index contributed by atoms with van der Waals surface area (Å²) < 4.78 is 0. The standard InChI is InChI=1S/C27H35N/c1-6-20-13-10-14-21(7-2)25(20)28-19-27(5,18-26(28,3)4)24-17-11-15-22-12-8-9-16-23(22)24/h8-13,15-17,21H,6-7,14,18-19H2,1-5H3/t21-,27?/m1/s1. The van der Waals surface area contributed by atoms with Gasteiger partial charge < -0.3 is 4.90 Å². The molecular formula is C27H35N. The molecule has 2 aromatic carbocycles. The Morgan fingerprint density at radius 2 is 1.75 bits per heavy atom. The van der Waals surface area contributed by atoms with Gasteiger partial charge in [-0.1, -0.05) is 75.4 Å². The molecule has 4 rings (SSSR count). The molecule has 0 bridgehead atoms. The fraction of sp³-hybridized carbons (Fsp3) is 0.481. The number of nitrogens with zero attached hydrogens (tertiary/aromatic N) is 1. The molecule has 0 amide bonds. The quantitative estimate of drug-likeness (QED) is 0.546. The van der Waals surface area contributed by atoms with Crippen LogP contribution in [0, 0.1) is 5.92 Å². The first-order valence-electron chi connectivity index (χ1n) is 11.0. The van der Waals surface area contributed by atoms with Crippen molar-refractivity contribution < 1.29 is 0 Å². The third kappa shape index (κ3) is 3.09. The van der Waals surface area contributed by atoms with Crippen molar-refractivity contribution in [3.8, 4) is 0 Å². The van der Waals surface area contributed by atoms with Gasteiger partial charge in [0.05, 0.1) is 0 Å². The summed E-state index contributed by atoms with van der Waals surface area (Å²) >= 11 is 0. The van der Waals surface area contributed by atoms with Crippen molar-refractivity contribution in [1.29, 1.82) is 0 Å². The van der Waals surface area contributed by atoms with Gasteiger partial charge in [-0.25, -0.2) is 0 Å². The molecule has 1 aliphatic heterocycles. The van der Waals surface area contributed by atoms with Gasteiger partial charge in [0.15, 0.2) is 0 Å². The highest BCUT2D eigenvalue weighted by Crippen LogP contribution is 2.49. The second-order valence-corrected chi connectivity index (χ2v) is 9.67. The molecule has 0 saturated carbocycles. The number of rotatable bonds is 4. The lowest BCUT2D eigenvalue weighted by atomic mass is 9.76. The molecule has 148 valence electrons. The van der Waals surface area contributed by atoms with Crippen LogP contribution in [0.15, 0.2) is 65.9 Å². The van der Waals surface area contributed by atoms with E-state index in [1.165, 1.54) is 35.6 Å². The van der Waals surface area contributed by atoms with Crippen LogP contribution in [-0.4, -0.2) is 17.0 Å². The molecule has 1 unspecified atom stereocenters. The van der Waals surface area contributed by atoms with Gasteiger partial charge in [0.25, 0.3) is 0 Å². The van der Waals surface area contributed by atoms with Crippen molar-refractivity contribution in [2.75, 3.05) is 6.54 Å². The van der Waals surface area contributed by atoms with Gasteiger partial charge in [-0.15, -0.1) is 0 Å². The summed E-state index contributed by atoms with van der Waals surface area (Å²) in [6.45, 7) is 13.2. The molecule has 2 aromatic rings. The number of fused-ring (bicyclic) bond motifs is 1. The van der Waals surface area contributed by atoms with E-state index in [2.05, 4.69) is 94.1 Å². The van der Waals surface area contributed by atoms with Crippen LogP contribution in [0.1, 0.15) is 65.9 Å². The van der Waals surface area contributed by atoms with E-state index in [1.807, 2.05) is 0 Å². The van der Waals surface area contributed by atoms with E-state index in [0.717, 1.165) is 13.0 Å². The minimum Gasteiger partial charge on any atom is -0.368 e. The summed E-state index contributed by atoms with van der Waals surface area (Å²) in [4.78, 5) is 2.78. The first-order chi connectivity index (χ1) is 13.4. The second kappa shape index (κ2) is 7.10. The molecule has 1 aliphatic carbocycles. The maximum absolute atomic E-state index is 2.78. The molecule has 2 atom stereocenters. The lowest BCUT2D eigenvalue weighted by Crippen LogP contribution is -2.40. The van der Waals surface area contributed by atoms with E-state index < -0.39 is 0 Å². The van der Waals surface area contributed by atoms with E-state index in [9.17, 15) is 0 Å². The lowest BCUT2D eigenvalue weighted by molar-refractivity contribution is 0.197. The molecule has 1 heterocycles. The van der Waals surface area contributed by atoms with E-state index in [1.54, 1.807) is 11.3 Å². The molecular weight excluding hydrogens is 338 g/mol. The molecule has 0 radical (unpaired) electrons. The van der Waals surface area contributed by atoms with Crippen LogP contribution in [0.5, 0.6) is 0 Å². The molecule has 0 N–H and O–H groups in total. The normalized spacial score (nSPS) is 27.0. The fourth-order valence-electron chi connectivity index (χ4n) is 5.90. The molecule has 1 heteroatoms. The Bertz CT molecular complexity index is 927. The molecule has 1 fully saturated rings. The Morgan fingerprint density at radius 3 is 2.50 bits per heavy atom. The average molecular weight is 374 g/mol. The Balaban J connectivity index is 1.81. The van der Waals surface area contributed by atoms with Crippen molar-refractivity contribution in [3.63, 3.8) is 0 Å². The minimum absolute atomic E-state index is 0.162. The highest BCUT2D eigenvalue weighted by Gasteiger charge is 2.48. The van der Waals surface area contributed by atoms with Crippen molar-refractivity contribution in [2.24, 2.45) is 5.92 Å². The molecule has 2 aliphatic rings. The predicted octanol–water partition coefficient (Wildman–Crippen LogP) is 7.23. The maximum atomic E-state index is 2.78. The Labute approximate surface area is 171 Å².